The van der Waals surface area contributed by atoms with Crippen LogP contribution in [0.4, 0.5) is 0 Å². The van der Waals surface area contributed by atoms with Crippen molar-refractivity contribution in [2.24, 2.45) is 0 Å². The molecule has 0 aliphatic rings. The van der Waals surface area contributed by atoms with Gasteiger partial charge in [-0.05, 0) is 30.4 Å². The maximum absolute atomic E-state index is 8.66. The normalized spacial score (nSPS) is 10.7. The molecule has 0 aliphatic heterocycles. The molecule has 0 bridgehead atoms. The number of rotatable bonds is 9. The van der Waals surface area contributed by atoms with E-state index in [-0.39, 0.29) is 0 Å². The minimum absolute atomic E-state index is 0.347. The van der Waals surface area contributed by atoms with E-state index in [0.717, 1.165) is 11.8 Å². The Bertz CT molecular complexity index is 281. The molecule has 1 rings (SSSR count). The van der Waals surface area contributed by atoms with Gasteiger partial charge in [-0.15, -0.1) is 0 Å². The lowest BCUT2D eigenvalue weighted by Crippen LogP contribution is -1.88. The first kappa shape index (κ1) is 14.7. The summed E-state index contributed by atoms with van der Waals surface area (Å²) in [5, 5.41) is 9.60. The number of unbranched alkanes of at least 4 members (excludes halogenated alkanes) is 5. The highest BCUT2D eigenvalue weighted by Crippen LogP contribution is 2.12. The molecule has 0 saturated heterocycles. The van der Waals surface area contributed by atoms with Gasteiger partial charge in [0.1, 0.15) is 0 Å². The van der Waals surface area contributed by atoms with Crippen molar-refractivity contribution < 1.29 is 5.11 Å². The monoisotopic (exact) mass is 298 g/mol. The van der Waals surface area contributed by atoms with Gasteiger partial charge in [-0.25, -0.2) is 0 Å². The van der Waals surface area contributed by atoms with Crippen LogP contribution >= 0.6 is 15.9 Å². The van der Waals surface area contributed by atoms with Crippen LogP contribution in [-0.2, 0) is 11.8 Å². The number of hydrogen-bond acceptors (Lipinski definition) is 1. The molecule has 0 aromatic heterocycles. The standard InChI is InChI=1S/C15H23BrO/c16-13-15-10-8-14(9-11-15)7-5-3-1-2-4-6-12-17/h8-11,17H,1-7,12-13H2. The Balaban J connectivity index is 2.05. The molecule has 0 spiro atoms. The Hall–Kier alpha value is -0.340. The van der Waals surface area contributed by atoms with Gasteiger partial charge in [0, 0.05) is 11.9 Å². The molecule has 0 atom stereocenters. The molecule has 0 fully saturated rings. The second-order valence-electron chi connectivity index (χ2n) is 4.55. The van der Waals surface area contributed by atoms with Crippen LogP contribution in [0, 0.1) is 0 Å². The van der Waals surface area contributed by atoms with E-state index < -0.39 is 0 Å². The fourth-order valence-corrected chi connectivity index (χ4v) is 2.32. The number of alkyl halides is 1. The third kappa shape index (κ3) is 6.85. The van der Waals surface area contributed by atoms with Crippen molar-refractivity contribution in [1.29, 1.82) is 0 Å². The number of aliphatic hydroxyl groups excluding tert-OH is 1. The fourth-order valence-electron chi connectivity index (χ4n) is 1.94. The molecule has 0 aliphatic carbocycles. The van der Waals surface area contributed by atoms with Crippen molar-refractivity contribution >= 4 is 15.9 Å². The molecule has 0 unspecified atom stereocenters. The highest BCUT2D eigenvalue weighted by molar-refractivity contribution is 9.08. The molecule has 2 heteroatoms. The highest BCUT2D eigenvalue weighted by atomic mass is 79.9. The first-order valence-corrected chi connectivity index (χ1v) is 7.73. The Labute approximate surface area is 113 Å². The number of hydrogen-bond donors (Lipinski definition) is 1. The number of aryl methyl sites for hydroxylation is 1. The molecule has 1 aromatic rings. The zero-order chi connectivity index (χ0) is 12.3. The van der Waals surface area contributed by atoms with E-state index in [9.17, 15) is 0 Å². The van der Waals surface area contributed by atoms with Crippen molar-refractivity contribution in [3.8, 4) is 0 Å². The lowest BCUT2D eigenvalue weighted by atomic mass is 10.0. The van der Waals surface area contributed by atoms with Gasteiger partial charge in [0.25, 0.3) is 0 Å². The summed E-state index contributed by atoms with van der Waals surface area (Å²) in [7, 11) is 0. The highest BCUT2D eigenvalue weighted by Gasteiger charge is 1.95. The fraction of sp³-hybridized carbons (Fsp3) is 0.600. The van der Waals surface area contributed by atoms with Gasteiger partial charge in [-0.3, -0.25) is 0 Å². The number of benzene rings is 1. The predicted molar refractivity (Wildman–Crippen MR) is 77.6 cm³/mol. The van der Waals surface area contributed by atoms with Crippen LogP contribution in [0.25, 0.3) is 0 Å². The summed E-state index contributed by atoms with van der Waals surface area (Å²) in [5.41, 5.74) is 2.79. The van der Waals surface area contributed by atoms with Gasteiger partial charge in [0.2, 0.25) is 0 Å². The largest absolute Gasteiger partial charge is 0.396 e. The Morgan fingerprint density at radius 1 is 0.765 bits per heavy atom. The van der Waals surface area contributed by atoms with Crippen LogP contribution in [0.15, 0.2) is 24.3 Å². The smallest absolute Gasteiger partial charge is 0.0431 e. The first-order valence-electron chi connectivity index (χ1n) is 6.61. The average molecular weight is 299 g/mol. The van der Waals surface area contributed by atoms with E-state index in [1.807, 2.05) is 0 Å². The van der Waals surface area contributed by atoms with Crippen LogP contribution < -0.4 is 0 Å². The van der Waals surface area contributed by atoms with Crippen LogP contribution in [0.3, 0.4) is 0 Å². The SMILES string of the molecule is OCCCCCCCCc1ccc(CBr)cc1. The van der Waals surface area contributed by atoms with Crippen molar-refractivity contribution in [3.63, 3.8) is 0 Å². The number of aliphatic hydroxyl groups is 1. The van der Waals surface area contributed by atoms with Crippen molar-refractivity contribution in [2.75, 3.05) is 6.61 Å². The zero-order valence-corrected chi connectivity index (χ0v) is 12.1. The summed E-state index contributed by atoms with van der Waals surface area (Å²) >= 11 is 3.46. The zero-order valence-electron chi connectivity index (χ0n) is 10.5. The Kier molecular flexibility index (Phi) is 8.37. The number of halogens is 1. The first-order chi connectivity index (χ1) is 8.36. The molecule has 0 radical (unpaired) electrons. The molecule has 1 aromatic carbocycles. The molecule has 1 nitrogen and oxygen atoms in total. The molecule has 1 N–H and O–H groups in total. The summed E-state index contributed by atoms with van der Waals surface area (Å²) in [6.07, 6.45) is 8.51. The quantitative estimate of drug-likeness (QED) is 0.527. The molecule has 96 valence electrons. The van der Waals surface area contributed by atoms with Crippen molar-refractivity contribution in [3.05, 3.63) is 35.4 Å². The van der Waals surface area contributed by atoms with Gasteiger partial charge in [0.15, 0.2) is 0 Å². The Morgan fingerprint density at radius 2 is 1.29 bits per heavy atom. The lowest BCUT2D eigenvalue weighted by molar-refractivity contribution is 0.282. The second-order valence-corrected chi connectivity index (χ2v) is 5.11. The van der Waals surface area contributed by atoms with Crippen LogP contribution in [-0.4, -0.2) is 11.7 Å². The third-order valence-corrected chi connectivity index (χ3v) is 3.70. The summed E-state index contributed by atoms with van der Waals surface area (Å²) in [6, 6.07) is 8.88. The average Bonchev–Trinajstić information content (AvgIpc) is 2.38. The third-order valence-electron chi connectivity index (χ3n) is 3.05. The van der Waals surface area contributed by atoms with E-state index in [1.165, 1.54) is 49.7 Å². The second kappa shape index (κ2) is 9.67. The molecular weight excluding hydrogens is 276 g/mol. The van der Waals surface area contributed by atoms with Gasteiger partial charge < -0.3 is 5.11 Å². The molecule has 0 amide bonds. The summed E-state index contributed by atoms with van der Waals surface area (Å²) in [6.45, 7) is 0.347. The van der Waals surface area contributed by atoms with E-state index in [0.29, 0.717) is 6.61 Å². The van der Waals surface area contributed by atoms with Crippen molar-refractivity contribution in [2.45, 2.75) is 50.3 Å². The topological polar surface area (TPSA) is 20.2 Å². The van der Waals surface area contributed by atoms with E-state index in [1.54, 1.807) is 0 Å². The van der Waals surface area contributed by atoms with Gasteiger partial charge in [0.05, 0.1) is 0 Å². The van der Waals surface area contributed by atoms with E-state index in [4.69, 9.17) is 5.11 Å². The van der Waals surface area contributed by atoms with Crippen LogP contribution in [0.1, 0.15) is 49.7 Å². The minimum Gasteiger partial charge on any atom is -0.396 e. The summed E-state index contributed by atoms with van der Waals surface area (Å²) in [5.74, 6) is 0. The van der Waals surface area contributed by atoms with Crippen LogP contribution in [0.5, 0.6) is 0 Å². The summed E-state index contributed by atoms with van der Waals surface area (Å²) < 4.78 is 0. The maximum Gasteiger partial charge on any atom is 0.0431 e. The molecule has 17 heavy (non-hydrogen) atoms. The van der Waals surface area contributed by atoms with E-state index >= 15 is 0 Å². The predicted octanol–water partition coefficient (Wildman–Crippen LogP) is 4.46. The van der Waals surface area contributed by atoms with Gasteiger partial charge in [-0.1, -0.05) is 65.9 Å². The molecule has 0 heterocycles. The van der Waals surface area contributed by atoms with Gasteiger partial charge >= 0.3 is 0 Å². The van der Waals surface area contributed by atoms with Crippen molar-refractivity contribution in [1.82, 2.24) is 0 Å². The minimum atomic E-state index is 0.347. The molecule has 0 saturated carbocycles. The van der Waals surface area contributed by atoms with Crippen LogP contribution in [0.2, 0.25) is 0 Å². The van der Waals surface area contributed by atoms with Gasteiger partial charge in [-0.2, -0.15) is 0 Å². The Morgan fingerprint density at radius 3 is 1.88 bits per heavy atom. The maximum atomic E-state index is 8.66. The lowest BCUT2D eigenvalue weighted by Gasteiger charge is -2.03. The van der Waals surface area contributed by atoms with E-state index in [2.05, 4.69) is 40.2 Å². The summed E-state index contributed by atoms with van der Waals surface area (Å²) in [4.78, 5) is 0. The molecular formula is C15H23BrO.